The summed E-state index contributed by atoms with van der Waals surface area (Å²) in [5.41, 5.74) is 1.62. The summed E-state index contributed by atoms with van der Waals surface area (Å²) >= 11 is 0. The summed E-state index contributed by atoms with van der Waals surface area (Å²) in [7, 11) is 0. The van der Waals surface area contributed by atoms with Crippen LogP contribution in [0.2, 0.25) is 0 Å². The fourth-order valence-electron chi connectivity index (χ4n) is 3.30. The molecular weight excluding hydrogens is 362 g/mol. The summed E-state index contributed by atoms with van der Waals surface area (Å²) in [5.74, 6) is 0.926. The van der Waals surface area contributed by atoms with E-state index in [0.29, 0.717) is 13.2 Å². The molecule has 0 spiro atoms. The molecule has 4 nitrogen and oxygen atoms in total. The monoisotopic (exact) mass is 399 g/mol. The number of unbranched alkanes of at least 4 members (excludes halogenated alkanes) is 2. The van der Waals surface area contributed by atoms with Crippen LogP contribution in [-0.2, 0) is 14.9 Å². The van der Waals surface area contributed by atoms with Gasteiger partial charge in [-0.2, -0.15) is 0 Å². The van der Waals surface area contributed by atoms with Crippen molar-refractivity contribution in [1.82, 2.24) is 4.90 Å². The second-order valence-corrected chi connectivity index (χ2v) is 7.78. The first kappa shape index (κ1) is 24.2. The molecule has 156 valence electrons. The third-order valence-corrected chi connectivity index (χ3v) is 5.19. The van der Waals surface area contributed by atoms with E-state index < -0.39 is 0 Å². The van der Waals surface area contributed by atoms with Crippen molar-refractivity contribution in [2.75, 3.05) is 52.7 Å². The van der Waals surface area contributed by atoms with Gasteiger partial charge in [0.15, 0.2) is 0 Å². The van der Waals surface area contributed by atoms with Gasteiger partial charge in [0.1, 0.15) is 12.4 Å². The second-order valence-electron chi connectivity index (χ2n) is 7.78. The molecule has 5 heteroatoms. The van der Waals surface area contributed by atoms with E-state index in [1.165, 1.54) is 31.2 Å². The first-order chi connectivity index (χ1) is 12.6. The van der Waals surface area contributed by atoms with Crippen LogP contribution in [0.25, 0.3) is 0 Å². The normalized spacial score (nSPS) is 15.4. The lowest BCUT2D eigenvalue weighted by molar-refractivity contribution is 0.0170. The zero-order chi connectivity index (χ0) is 18.7. The molecule has 27 heavy (non-hydrogen) atoms. The Morgan fingerprint density at radius 3 is 2.37 bits per heavy atom. The van der Waals surface area contributed by atoms with Crippen LogP contribution >= 0.6 is 12.4 Å². The van der Waals surface area contributed by atoms with E-state index in [1.54, 1.807) is 0 Å². The van der Waals surface area contributed by atoms with Crippen LogP contribution in [0.5, 0.6) is 5.75 Å². The van der Waals surface area contributed by atoms with Crippen molar-refractivity contribution in [2.45, 2.75) is 51.9 Å². The van der Waals surface area contributed by atoms with Crippen molar-refractivity contribution in [3.63, 3.8) is 0 Å². The van der Waals surface area contributed by atoms with Crippen molar-refractivity contribution in [3.8, 4) is 5.75 Å². The van der Waals surface area contributed by atoms with Crippen LogP contribution in [0.4, 0.5) is 0 Å². The standard InChI is InChI=1S/C22H37NO3.ClH/c1-4-5-6-11-22(2,3)20-7-9-21(10-8-20)26-19-18-25-17-14-23-12-15-24-16-13-23;/h7-10H,4-6,11-19H2,1-3H3;1H. The van der Waals surface area contributed by atoms with Gasteiger partial charge in [0, 0.05) is 19.6 Å². The van der Waals surface area contributed by atoms with Crippen molar-refractivity contribution in [2.24, 2.45) is 0 Å². The van der Waals surface area contributed by atoms with Crippen LogP contribution in [0.1, 0.15) is 52.0 Å². The fraction of sp³-hybridized carbons (Fsp3) is 0.727. The Labute approximate surface area is 172 Å². The molecule has 0 radical (unpaired) electrons. The van der Waals surface area contributed by atoms with Crippen LogP contribution in [0.3, 0.4) is 0 Å². The second kappa shape index (κ2) is 13.4. The lowest BCUT2D eigenvalue weighted by atomic mass is 9.80. The van der Waals surface area contributed by atoms with Gasteiger partial charge in [0.05, 0.1) is 26.4 Å². The molecule has 1 saturated heterocycles. The van der Waals surface area contributed by atoms with Crippen LogP contribution in [0.15, 0.2) is 24.3 Å². The minimum atomic E-state index is 0. The summed E-state index contributed by atoms with van der Waals surface area (Å²) < 4.78 is 16.8. The molecule has 1 heterocycles. The number of nitrogens with zero attached hydrogens (tertiary/aromatic N) is 1. The highest BCUT2D eigenvalue weighted by atomic mass is 35.5. The Bertz CT molecular complexity index is 487. The summed E-state index contributed by atoms with van der Waals surface area (Å²) in [6.07, 6.45) is 5.12. The molecule has 1 aliphatic rings. The first-order valence-electron chi connectivity index (χ1n) is 10.2. The van der Waals surface area contributed by atoms with Gasteiger partial charge in [-0.3, -0.25) is 4.90 Å². The maximum Gasteiger partial charge on any atom is 0.119 e. The largest absolute Gasteiger partial charge is 0.491 e. The van der Waals surface area contributed by atoms with Crippen molar-refractivity contribution < 1.29 is 14.2 Å². The smallest absolute Gasteiger partial charge is 0.119 e. The molecule has 2 rings (SSSR count). The summed E-state index contributed by atoms with van der Waals surface area (Å²) in [5, 5.41) is 0. The van der Waals surface area contributed by atoms with Gasteiger partial charge >= 0.3 is 0 Å². The number of ether oxygens (including phenoxy) is 3. The Morgan fingerprint density at radius 2 is 1.70 bits per heavy atom. The Kier molecular flexibility index (Phi) is 12.0. The molecule has 0 saturated carbocycles. The Balaban J connectivity index is 0.00000364. The van der Waals surface area contributed by atoms with Crippen LogP contribution in [-0.4, -0.2) is 57.6 Å². The van der Waals surface area contributed by atoms with Gasteiger partial charge in [-0.25, -0.2) is 0 Å². The molecule has 1 aromatic carbocycles. The number of hydrogen-bond acceptors (Lipinski definition) is 4. The van der Waals surface area contributed by atoms with Crippen molar-refractivity contribution in [1.29, 1.82) is 0 Å². The topological polar surface area (TPSA) is 30.9 Å². The number of morpholine rings is 1. The molecule has 0 atom stereocenters. The predicted octanol–water partition coefficient (Wildman–Crippen LogP) is 4.69. The Hall–Kier alpha value is -0.810. The molecule has 1 aliphatic heterocycles. The third-order valence-electron chi connectivity index (χ3n) is 5.19. The van der Waals surface area contributed by atoms with Gasteiger partial charge in [0.2, 0.25) is 0 Å². The maximum absolute atomic E-state index is 5.81. The van der Waals surface area contributed by atoms with E-state index in [9.17, 15) is 0 Å². The number of rotatable bonds is 12. The average molecular weight is 400 g/mol. The fourth-order valence-corrected chi connectivity index (χ4v) is 3.30. The third kappa shape index (κ3) is 9.29. The molecule has 0 bridgehead atoms. The van der Waals surface area contributed by atoms with E-state index in [0.717, 1.165) is 45.2 Å². The van der Waals surface area contributed by atoms with Crippen molar-refractivity contribution in [3.05, 3.63) is 29.8 Å². The molecule has 0 N–H and O–H groups in total. The SMILES string of the molecule is CCCCCC(C)(C)c1ccc(OCCOCCN2CCOCC2)cc1.Cl. The predicted molar refractivity (Wildman–Crippen MR) is 114 cm³/mol. The van der Waals surface area contributed by atoms with Gasteiger partial charge in [-0.1, -0.05) is 52.2 Å². The summed E-state index contributed by atoms with van der Waals surface area (Å²) in [4.78, 5) is 2.38. The van der Waals surface area contributed by atoms with Crippen molar-refractivity contribution >= 4 is 12.4 Å². The molecule has 0 unspecified atom stereocenters. The molecule has 0 aromatic heterocycles. The lowest BCUT2D eigenvalue weighted by Crippen LogP contribution is -2.38. The van der Waals surface area contributed by atoms with E-state index in [-0.39, 0.29) is 17.8 Å². The van der Waals surface area contributed by atoms with Gasteiger partial charge < -0.3 is 14.2 Å². The minimum absolute atomic E-state index is 0. The number of halogens is 1. The van der Waals surface area contributed by atoms with E-state index in [2.05, 4.69) is 49.9 Å². The highest BCUT2D eigenvalue weighted by Gasteiger charge is 2.19. The van der Waals surface area contributed by atoms with E-state index in [4.69, 9.17) is 14.2 Å². The van der Waals surface area contributed by atoms with Gasteiger partial charge in [-0.15, -0.1) is 12.4 Å². The minimum Gasteiger partial charge on any atom is -0.491 e. The summed E-state index contributed by atoms with van der Waals surface area (Å²) in [6.45, 7) is 13.6. The Morgan fingerprint density at radius 1 is 1.00 bits per heavy atom. The zero-order valence-corrected chi connectivity index (χ0v) is 18.2. The molecule has 1 fully saturated rings. The quantitative estimate of drug-likeness (QED) is 0.477. The van der Waals surface area contributed by atoms with E-state index in [1.807, 2.05) is 0 Å². The highest BCUT2D eigenvalue weighted by molar-refractivity contribution is 5.85. The zero-order valence-electron chi connectivity index (χ0n) is 17.4. The molecule has 0 amide bonds. The lowest BCUT2D eigenvalue weighted by Gasteiger charge is -2.26. The van der Waals surface area contributed by atoms with Crippen LogP contribution in [0, 0.1) is 0 Å². The first-order valence-corrected chi connectivity index (χ1v) is 10.2. The van der Waals surface area contributed by atoms with Gasteiger partial charge in [0.25, 0.3) is 0 Å². The number of hydrogen-bond donors (Lipinski definition) is 0. The maximum atomic E-state index is 5.81. The number of benzene rings is 1. The molecular formula is C22H38ClNO3. The average Bonchev–Trinajstić information content (AvgIpc) is 2.66. The summed E-state index contributed by atoms with van der Waals surface area (Å²) in [6, 6.07) is 8.59. The van der Waals surface area contributed by atoms with E-state index >= 15 is 0 Å². The van der Waals surface area contributed by atoms with Gasteiger partial charge in [-0.05, 0) is 29.5 Å². The molecule has 1 aromatic rings. The molecule has 0 aliphatic carbocycles. The van der Waals surface area contributed by atoms with Crippen LogP contribution < -0.4 is 4.74 Å². The highest BCUT2D eigenvalue weighted by Crippen LogP contribution is 2.30.